The van der Waals surface area contributed by atoms with E-state index in [-0.39, 0.29) is 0 Å². The summed E-state index contributed by atoms with van der Waals surface area (Å²) in [7, 11) is 0. The van der Waals surface area contributed by atoms with Crippen LogP contribution in [-0.4, -0.2) is 5.11 Å². The largest absolute Gasteiger partial charge is 0.416 e. The molecule has 104 valence electrons. The fourth-order valence-corrected chi connectivity index (χ4v) is 1.79. The van der Waals surface area contributed by atoms with Crippen molar-refractivity contribution in [2.45, 2.75) is 6.18 Å². The Hall–Kier alpha value is -2.08. The first-order valence-corrected chi connectivity index (χ1v) is 6.16. The Morgan fingerprint density at radius 2 is 1.30 bits per heavy atom. The molecule has 0 spiro atoms. The van der Waals surface area contributed by atoms with Gasteiger partial charge in [-0.25, -0.2) is 0 Å². The Morgan fingerprint density at radius 1 is 0.800 bits per heavy atom. The molecule has 0 heterocycles. The van der Waals surface area contributed by atoms with Crippen LogP contribution in [0, 0.1) is 0 Å². The molecule has 0 atom stereocenters. The van der Waals surface area contributed by atoms with Crippen LogP contribution in [0.3, 0.4) is 0 Å². The molecular weight excluding hydrogens is 285 g/mol. The number of hydrogen-bond acceptors (Lipinski definition) is 1. The van der Waals surface area contributed by atoms with Gasteiger partial charge in [-0.2, -0.15) is 13.2 Å². The van der Waals surface area contributed by atoms with Crippen LogP contribution >= 0.6 is 12.2 Å². The second-order valence-corrected chi connectivity index (χ2v) is 4.43. The molecule has 2 rings (SSSR count). The van der Waals surface area contributed by atoms with E-state index >= 15 is 0 Å². The van der Waals surface area contributed by atoms with E-state index in [0.29, 0.717) is 10.8 Å². The summed E-state index contributed by atoms with van der Waals surface area (Å²) in [5.74, 6) is 0. The van der Waals surface area contributed by atoms with Gasteiger partial charge in [0.05, 0.1) is 5.56 Å². The van der Waals surface area contributed by atoms with Crippen LogP contribution in [-0.2, 0) is 6.18 Å². The lowest BCUT2D eigenvalue weighted by Gasteiger charge is -2.11. The molecule has 0 saturated heterocycles. The van der Waals surface area contributed by atoms with Crippen LogP contribution in [0.5, 0.6) is 0 Å². The fourth-order valence-electron chi connectivity index (χ4n) is 1.56. The lowest BCUT2D eigenvalue weighted by atomic mass is 10.2. The molecular formula is C14H11F3N2S. The van der Waals surface area contributed by atoms with Crippen LogP contribution in [0.1, 0.15) is 5.56 Å². The number of anilines is 2. The summed E-state index contributed by atoms with van der Waals surface area (Å²) in [6, 6.07) is 13.9. The minimum absolute atomic E-state index is 0.316. The molecule has 2 N–H and O–H groups in total. The van der Waals surface area contributed by atoms with Crippen LogP contribution in [0.15, 0.2) is 54.6 Å². The van der Waals surface area contributed by atoms with E-state index in [1.165, 1.54) is 12.1 Å². The molecule has 2 nitrogen and oxygen atoms in total. The molecule has 0 aromatic heterocycles. The SMILES string of the molecule is FC(F)(F)c1ccc(NC(=S)Nc2ccccc2)cc1. The zero-order chi connectivity index (χ0) is 14.6. The van der Waals surface area contributed by atoms with Crippen molar-refractivity contribution in [1.82, 2.24) is 0 Å². The van der Waals surface area contributed by atoms with Crippen molar-refractivity contribution in [3.05, 3.63) is 60.2 Å². The number of thiocarbonyl (C=S) groups is 1. The van der Waals surface area contributed by atoms with Gasteiger partial charge in [-0.3, -0.25) is 0 Å². The molecule has 2 aromatic carbocycles. The fraction of sp³-hybridized carbons (Fsp3) is 0.0714. The third kappa shape index (κ3) is 3.96. The zero-order valence-corrected chi connectivity index (χ0v) is 11.1. The predicted octanol–water partition coefficient (Wildman–Crippen LogP) is 4.51. The van der Waals surface area contributed by atoms with Gasteiger partial charge in [-0.1, -0.05) is 18.2 Å². The molecule has 0 bridgehead atoms. The smallest absolute Gasteiger partial charge is 0.332 e. The predicted molar refractivity (Wildman–Crippen MR) is 77.7 cm³/mol. The summed E-state index contributed by atoms with van der Waals surface area (Å²) in [5, 5.41) is 6.07. The molecule has 0 fully saturated rings. The van der Waals surface area contributed by atoms with Gasteiger partial charge in [0.2, 0.25) is 0 Å². The molecule has 20 heavy (non-hydrogen) atoms. The van der Waals surface area contributed by atoms with Gasteiger partial charge in [-0.15, -0.1) is 0 Å². The molecule has 6 heteroatoms. The van der Waals surface area contributed by atoms with E-state index in [0.717, 1.165) is 17.8 Å². The number of nitrogens with one attached hydrogen (secondary N) is 2. The first-order valence-electron chi connectivity index (χ1n) is 5.75. The summed E-state index contributed by atoms with van der Waals surface area (Å²) in [5.41, 5.74) is 0.605. The molecule has 0 aliphatic carbocycles. The van der Waals surface area contributed by atoms with Crippen molar-refractivity contribution in [1.29, 1.82) is 0 Å². The van der Waals surface area contributed by atoms with Crippen LogP contribution in [0.4, 0.5) is 24.5 Å². The number of hydrogen-bond donors (Lipinski definition) is 2. The minimum Gasteiger partial charge on any atom is -0.332 e. The van der Waals surface area contributed by atoms with E-state index in [4.69, 9.17) is 12.2 Å². The first-order chi connectivity index (χ1) is 9.45. The second-order valence-electron chi connectivity index (χ2n) is 4.02. The summed E-state index contributed by atoms with van der Waals surface area (Å²) >= 11 is 5.08. The number of rotatable bonds is 2. The molecule has 0 radical (unpaired) electrons. The molecule has 0 saturated carbocycles. The van der Waals surface area contributed by atoms with E-state index in [1.54, 1.807) is 0 Å². The summed E-state index contributed by atoms with van der Waals surface area (Å²) in [4.78, 5) is 0. The van der Waals surface area contributed by atoms with Gasteiger partial charge in [-0.05, 0) is 48.6 Å². The summed E-state index contributed by atoms with van der Waals surface area (Å²) < 4.78 is 37.2. The number of alkyl halides is 3. The quantitative estimate of drug-likeness (QED) is 0.797. The highest BCUT2D eigenvalue weighted by atomic mass is 32.1. The average Bonchev–Trinajstić information content (AvgIpc) is 2.39. The van der Waals surface area contributed by atoms with Crippen LogP contribution < -0.4 is 10.6 Å². The highest BCUT2D eigenvalue weighted by Gasteiger charge is 2.29. The van der Waals surface area contributed by atoms with Crippen molar-refractivity contribution in [2.75, 3.05) is 10.6 Å². The second kappa shape index (κ2) is 5.92. The van der Waals surface area contributed by atoms with Crippen LogP contribution in [0.2, 0.25) is 0 Å². The highest BCUT2D eigenvalue weighted by molar-refractivity contribution is 7.80. The van der Waals surface area contributed by atoms with Gasteiger partial charge in [0, 0.05) is 11.4 Å². The molecule has 0 aliphatic rings. The monoisotopic (exact) mass is 296 g/mol. The number of benzene rings is 2. The van der Waals surface area contributed by atoms with Gasteiger partial charge in [0.25, 0.3) is 0 Å². The van der Waals surface area contributed by atoms with Gasteiger partial charge >= 0.3 is 6.18 Å². The van der Waals surface area contributed by atoms with E-state index < -0.39 is 11.7 Å². The van der Waals surface area contributed by atoms with Crippen molar-refractivity contribution in [3.63, 3.8) is 0 Å². The van der Waals surface area contributed by atoms with Crippen molar-refractivity contribution in [2.24, 2.45) is 0 Å². The van der Waals surface area contributed by atoms with Crippen molar-refractivity contribution in [3.8, 4) is 0 Å². The third-order valence-electron chi connectivity index (χ3n) is 2.50. The first kappa shape index (κ1) is 14.3. The number of halogens is 3. The normalized spacial score (nSPS) is 10.9. The van der Waals surface area contributed by atoms with Gasteiger partial charge in [0.1, 0.15) is 0 Å². The summed E-state index contributed by atoms with van der Waals surface area (Å²) in [6.45, 7) is 0. The van der Waals surface area contributed by atoms with Crippen LogP contribution in [0.25, 0.3) is 0 Å². The maximum Gasteiger partial charge on any atom is 0.416 e. The molecule has 0 unspecified atom stereocenters. The minimum atomic E-state index is -4.33. The molecule has 0 aliphatic heterocycles. The maximum absolute atomic E-state index is 12.4. The maximum atomic E-state index is 12.4. The third-order valence-corrected chi connectivity index (χ3v) is 2.71. The van der Waals surface area contributed by atoms with E-state index in [2.05, 4.69) is 10.6 Å². The Kier molecular flexibility index (Phi) is 4.24. The van der Waals surface area contributed by atoms with E-state index in [1.807, 2.05) is 30.3 Å². The van der Waals surface area contributed by atoms with Crippen molar-refractivity contribution >= 4 is 28.7 Å². The molecule has 2 aromatic rings. The lowest BCUT2D eigenvalue weighted by Crippen LogP contribution is -2.19. The van der Waals surface area contributed by atoms with Gasteiger partial charge in [0.15, 0.2) is 5.11 Å². The Labute approximate surface area is 119 Å². The molecule has 0 amide bonds. The highest BCUT2D eigenvalue weighted by Crippen LogP contribution is 2.29. The van der Waals surface area contributed by atoms with E-state index in [9.17, 15) is 13.2 Å². The van der Waals surface area contributed by atoms with Gasteiger partial charge < -0.3 is 10.6 Å². The average molecular weight is 296 g/mol. The Balaban J connectivity index is 1.98. The Bertz CT molecular complexity index is 580. The van der Waals surface area contributed by atoms with Crippen molar-refractivity contribution < 1.29 is 13.2 Å². The number of para-hydroxylation sites is 1. The Morgan fingerprint density at radius 3 is 1.80 bits per heavy atom. The lowest BCUT2D eigenvalue weighted by molar-refractivity contribution is -0.137. The standard InChI is InChI=1S/C14H11F3N2S/c15-14(16,17)10-6-8-12(9-7-10)19-13(20)18-11-4-2-1-3-5-11/h1-9H,(H2,18,19,20). The zero-order valence-electron chi connectivity index (χ0n) is 10.2. The summed E-state index contributed by atoms with van der Waals surface area (Å²) in [6.07, 6.45) is -4.33. The topological polar surface area (TPSA) is 24.1 Å².